The maximum Gasteiger partial charge on any atom is 0.330 e. The van der Waals surface area contributed by atoms with Gasteiger partial charge in [0.15, 0.2) is 0 Å². The summed E-state index contributed by atoms with van der Waals surface area (Å²) < 4.78 is 0. The molecule has 1 amide bonds. The fourth-order valence-electron chi connectivity index (χ4n) is 2.61. The maximum absolute atomic E-state index is 11.6. The van der Waals surface area contributed by atoms with Crippen LogP contribution in [0.25, 0.3) is 17.7 Å². The summed E-state index contributed by atoms with van der Waals surface area (Å²) in [4.78, 5) is 27.7. The fraction of sp³-hybridized carbons (Fsp3) is 0.100. The molecule has 4 heteroatoms. The van der Waals surface area contributed by atoms with Gasteiger partial charge in [-0.2, -0.15) is 0 Å². The number of carbonyl (C=O) groups is 2. The molecule has 0 spiro atoms. The summed E-state index contributed by atoms with van der Waals surface area (Å²) in [6.07, 6.45) is 6.25. The lowest BCUT2D eigenvalue weighted by Crippen LogP contribution is -2.30. The van der Waals surface area contributed by atoms with E-state index >= 15 is 0 Å². The predicted molar refractivity (Wildman–Crippen MR) is 94.7 cm³/mol. The third kappa shape index (κ3) is 3.27. The number of fused-ring (bicyclic) bond motifs is 1. The van der Waals surface area contributed by atoms with Crippen LogP contribution in [0.15, 0.2) is 54.6 Å². The van der Waals surface area contributed by atoms with E-state index in [1.54, 1.807) is 12.1 Å². The van der Waals surface area contributed by atoms with E-state index in [-0.39, 0.29) is 5.91 Å². The molecule has 0 saturated carbocycles. The monoisotopic (exact) mass is 319 g/mol. The van der Waals surface area contributed by atoms with Crippen molar-refractivity contribution in [3.05, 3.63) is 71.3 Å². The Hall–Kier alpha value is -3.14. The second kappa shape index (κ2) is 6.54. The van der Waals surface area contributed by atoms with Crippen LogP contribution in [0.3, 0.4) is 0 Å². The maximum atomic E-state index is 11.6. The molecule has 0 heterocycles. The summed E-state index contributed by atoms with van der Waals surface area (Å²) in [6, 6.07) is 15.5. The van der Waals surface area contributed by atoms with Crippen LogP contribution in [0.4, 0.5) is 5.69 Å². The standard InChI is InChI=1S/C20H17NO3/c1-14(22)21(24-15(2)23)19-11-7-16(8-12-19)13-18-10-9-17-5-3-4-6-20(17)18/h3-13H,1-2H3/b18-13+. The minimum atomic E-state index is -0.538. The van der Waals surface area contributed by atoms with E-state index in [2.05, 4.69) is 30.4 Å². The molecule has 0 N–H and O–H groups in total. The molecule has 0 aliphatic heterocycles. The van der Waals surface area contributed by atoms with Gasteiger partial charge in [0.05, 0.1) is 5.69 Å². The predicted octanol–water partition coefficient (Wildman–Crippen LogP) is 4.09. The Kier molecular flexibility index (Phi) is 4.29. The van der Waals surface area contributed by atoms with Crippen molar-refractivity contribution in [1.29, 1.82) is 0 Å². The average Bonchev–Trinajstić information content (AvgIpc) is 2.96. The third-order valence-corrected chi connectivity index (χ3v) is 3.67. The molecule has 0 fully saturated rings. The quantitative estimate of drug-likeness (QED) is 0.783. The summed E-state index contributed by atoms with van der Waals surface area (Å²) >= 11 is 0. The summed E-state index contributed by atoms with van der Waals surface area (Å²) in [5.41, 5.74) is 5.07. The van der Waals surface area contributed by atoms with Crippen LogP contribution in [0.1, 0.15) is 30.5 Å². The number of nitrogens with zero attached hydrogens (tertiary/aromatic N) is 1. The van der Waals surface area contributed by atoms with Crippen LogP contribution in [0, 0.1) is 0 Å². The first-order chi connectivity index (χ1) is 11.5. The van der Waals surface area contributed by atoms with Crippen LogP contribution in [0.5, 0.6) is 0 Å². The molecule has 0 radical (unpaired) electrons. The molecule has 2 aromatic rings. The number of hydroxylamine groups is 1. The Morgan fingerprint density at radius 3 is 2.33 bits per heavy atom. The largest absolute Gasteiger partial charge is 0.334 e. The first-order valence-corrected chi connectivity index (χ1v) is 7.63. The molecule has 0 aromatic heterocycles. The van der Waals surface area contributed by atoms with Crippen molar-refractivity contribution in [2.24, 2.45) is 0 Å². The van der Waals surface area contributed by atoms with Crippen LogP contribution >= 0.6 is 0 Å². The Morgan fingerprint density at radius 2 is 1.67 bits per heavy atom. The summed E-state index contributed by atoms with van der Waals surface area (Å²) in [6.45, 7) is 2.61. The van der Waals surface area contributed by atoms with Gasteiger partial charge in [-0.1, -0.05) is 48.6 Å². The molecular formula is C20H17NO3. The van der Waals surface area contributed by atoms with Gasteiger partial charge in [0.2, 0.25) is 0 Å². The van der Waals surface area contributed by atoms with E-state index in [9.17, 15) is 9.59 Å². The zero-order chi connectivity index (χ0) is 17.1. The first kappa shape index (κ1) is 15.7. The Bertz CT molecular complexity index is 847. The highest BCUT2D eigenvalue weighted by atomic mass is 16.7. The molecular weight excluding hydrogens is 302 g/mol. The van der Waals surface area contributed by atoms with Gasteiger partial charge in [-0.15, -0.1) is 5.06 Å². The molecule has 0 atom stereocenters. The van der Waals surface area contributed by atoms with E-state index < -0.39 is 5.97 Å². The molecule has 1 aliphatic rings. The van der Waals surface area contributed by atoms with Crippen molar-refractivity contribution in [2.75, 3.05) is 5.06 Å². The van der Waals surface area contributed by atoms with Crippen molar-refractivity contribution in [3.63, 3.8) is 0 Å². The second-order valence-corrected chi connectivity index (χ2v) is 5.51. The van der Waals surface area contributed by atoms with Crippen molar-refractivity contribution >= 4 is 35.3 Å². The lowest BCUT2D eigenvalue weighted by atomic mass is 10.0. The van der Waals surface area contributed by atoms with Gasteiger partial charge in [0, 0.05) is 13.8 Å². The molecule has 0 bridgehead atoms. The van der Waals surface area contributed by atoms with Crippen molar-refractivity contribution in [3.8, 4) is 0 Å². The zero-order valence-corrected chi connectivity index (χ0v) is 13.5. The number of benzene rings is 2. The molecule has 2 aromatic carbocycles. The Balaban J connectivity index is 1.85. The molecule has 24 heavy (non-hydrogen) atoms. The lowest BCUT2D eigenvalue weighted by molar-refractivity contribution is -0.147. The van der Waals surface area contributed by atoms with Gasteiger partial charge in [-0.05, 0) is 40.5 Å². The van der Waals surface area contributed by atoms with Gasteiger partial charge in [-0.25, -0.2) is 4.79 Å². The van der Waals surface area contributed by atoms with Crippen LogP contribution < -0.4 is 5.06 Å². The number of hydrogen-bond donors (Lipinski definition) is 0. The van der Waals surface area contributed by atoms with E-state index in [1.807, 2.05) is 24.3 Å². The van der Waals surface area contributed by atoms with Crippen molar-refractivity contribution < 1.29 is 14.4 Å². The van der Waals surface area contributed by atoms with Gasteiger partial charge in [0.25, 0.3) is 5.91 Å². The van der Waals surface area contributed by atoms with Crippen LogP contribution in [0.2, 0.25) is 0 Å². The van der Waals surface area contributed by atoms with Gasteiger partial charge < -0.3 is 4.84 Å². The normalized spacial score (nSPS) is 13.7. The second-order valence-electron chi connectivity index (χ2n) is 5.51. The number of carbonyl (C=O) groups excluding carboxylic acids is 2. The Morgan fingerprint density at radius 1 is 0.958 bits per heavy atom. The first-order valence-electron chi connectivity index (χ1n) is 7.63. The SMILES string of the molecule is CC(=O)ON(C(C)=O)c1ccc(/C=C2\C=Cc3ccccc32)cc1. The Labute approximate surface area is 140 Å². The topological polar surface area (TPSA) is 46.6 Å². The summed E-state index contributed by atoms with van der Waals surface area (Å²) in [5.74, 6) is -0.895. The van der Waals surface area contributed by atoms with Crippen molar-refractivity contribution in [1.82, 2.24) is 0 Å². The van der Waals surface area contributed by atoms with Crippen molar-refractivity contribution in [2.45, 2.75) is 13.8 Å². The highest BCUT2D eigenvalue weighted by Crippen LogP contribution is 2.30. The fourth-order valence-corrected chi connectivity index (χ4v) is 2.61. The van der Waals surface area contributed by atoms with E-state index in [4.69, 9.17) is 4.84 Å². The van der Waals surface area contributed by atoms with E-state index in [0.717, 1.165) is 16.2 Å². The van der Waals surface area contributed by atoms with Gasteiger partial charge in [-0.3, -0.25) is 4.79 Å². The number of allylic oxidation sites excluding steroid dienone is 2. The molecule has 0 saturated heterocycles. The average molecular weight is 319 g/mol. The highest BCUT2D eigenvalue weighted by molar-refractivity contribution is 5.98. The number of amides is 1. The molecule has 0 unspecified atom stereocenters. The molecule has 3 rings (SSSR count). The molecule has 1 aliphatic carbocycles. The van der Waals surface area contributed by atoms with E-state index in [1.165, 1.54) is 25.0 Å². The number of anilines is 1. The van der Waals surface area contributed by atoms with Gasteiger partial charge in [0.1, 0.15) is 0 Å². The highest BCUT2D eigenvalue weighted by Gasteiger charge is 2.15. The summed E-state index contributed by atoms with van der Waals surface area (Å²) in [5, 5.41) is 0.990. The minimum Gasteiger partial charge on any atom is -0.334 e. The lowest BCUT2D eigenvalue weighted by Gasteiger charge is -2.18. The third-order valence-electron chi connectivity index (χ3n) is 3.67. The minimum absolute atomic E-state index is 0.357. The van der Waals surface area contributed by atoms with Gasteiger partial charge >= 0.3 is 5.97 Å². The number of hydrogen-bond acceptors (Lipinski definition) is 3. The zero-order valence-electron chi connectivity index (χ0n) is 13.5. The van der Waals surface area contributed by atoms with Crippen LogP contribution in [-0.2, 0) is 14.4 Å². The molecule has 120 valence electrons. The number of rotatable bonds is 2. The summed E-state index contributed by atoms with van der Waals surface area (Å²) in [7, 11) is 0. The smallest absolute Gasteiger partial charge is 0.330 e. The van der Waals surface area contributed by atoms with E-state index in [0.29, 0.717) is 5.69 Å². The molecule has 4 nitrogen and oxygen atoms in total. The van der Waals surface area contributed by atoms with Crippen LogP contribution in [-0.4, -0.2) is 11.9 Å².